The molecule has 0 fully saturated rings. The van der Waals surface area contributed by atoms with Crippen molar-refractivity contribution in [2.75, 3.05) is 12.0 Å². The van der Waals surface area contributed by atoms with Crippen LogP contribution in [0.15, 0.2) is 78.3 Å². The van der Waals surface area contributed by atoms with E-state index in [-0.39, 0.29) is 12.8 Å². The van der Waals surface area contributed by atoms with Crippen LogP contribution in [0, 0.1) is 6.92 Å². The average Bonchev–Trinajstić information content (AvgIpc) is 2.96. The van der Waals surface area contributed by atoms with E-state index in [1.165, 1.54) is 6.20 Å². The number of allylic oxidation sites excluding steroid dienone is 1. The number of amides is 2. The number of pyridine rings is 1. The number of amidine groups is 1. The number of carbonyl (C=O) groups excluding carboxylic acids is 2. The monoisotopic (exact) mass is 600 g/mol. The van der Waals surface area contributed by atoms with Crippen LogP contribution in [0.25, 0.3) is 0 Å². The number of carbonyl (C=O) groups is 2. The second-order valence-electron chi connectivity index (χ2n) is 9.42. The Morgan fingerprint density at radius 1 is 1.16 bits per heavy atom. The Morgan fingerprint density at radius 3 is 2.44 bits per heavy atom. The third-order valence-electron chi connectivity index (χ3n) is 5.76. The molecule has 2 aliphatic rings. The molecule has 2 amide bonds. The summed E-state index contributed by atoms with van der Waals surface area (Å²) in [7, 11) is 0. The smallest absolute Gasteiger partial charge is 0.448 e. The number of fused-ring (bicyclic) bond motifs is 5. The summed E-state index contributed by atoms with van der Waals surface area (Å²) in [6.45, 7) is 7.81. The van der Waals surface area contributed by atoms with E-state index in [0.717, 1.165) is 5.56 Å². The van der Waals surface area contributed by atoms with Gasteiger partial charge >= 0.3 is 6.18 Å². The summed E-state index contributed by atoms with van der Waals surface area (Å²) in [5, 5.41) is 10.8. The summed E-state index contributed by atoms with van der Waals surface area (Å²) in [6, 6.07) is 13.1. The average molecular weight is 601 g/mol. The van der Waals surface area contributed by atoms with Crippen molar-refractivity contribution in [1.82, 2.24) is 15.8 Å². The number of alkyl halides is 3. The Morgan fingerprint density at radius 2 is 1.84 bits per heavy atom. The van der Waals surface area contributed by atoms with Crippen molar-refractivity contribution >= 4 is 23.3 Å². The van der Waals surface area contributed by atoms with E-state index in [9.17, 15) is 22.8 Å². The van der Waals surface area contributed by atoms with Crippen LogP contribution in [-0.2, 0) is 4.79 Å². The Labute approximate surface area is 245 Å². The summed E-state index contributed by atoms with van der Waals surface area (Å²) in [6.07, 6.45) is -1.63. The fourth-order valence-corrected chi connectivity index (χ4v) is 3.62. The molecule has 2 aliphatic heterocycles. The molecule has 3 aromatic rings. The maximum absolute atomic E-state index is 13.3. The van der Waals surface area contributed by atoms with Gasteiger partial charge in [0.2, 0.25) is 0 Å². The number of rotatable bonds is 4. The quantitative estimate of drug-likeness (QED) is 0.217. The fraction of sp³-hybridized carbons (Fsp3) is 0.241. The number of hydrazine groups is 1. The van der Waals surface area contributed by atoms with Gasteiger partial charge in [-0.15, -0.1) is 0 Å². The topological polar surface area (TPSA) is 160 Å². The fourth-order valence-electron chi connectivity index (χ4n) is 3.62. The first kappa shape index (κ1) is 32.2. The van der Waals surface area contributed by atoms with Crippen LogP contribution in [0.4, 0.5) is 18.9 Å². The minimum atomic E-state index is -4.64. The third kappa shape index (κ3) is 9.11. The van der Waals surface area contributed by atoms with E-state index >= 15 is 0 Å². The zero-order valence-corrected chi connectivity index (χ0v) is 23.5. The second-order valence-corrected chi connectivity index (χ2v) is 9.42. The number of nitrogens with zero attached hydrogens (tertiary/aromatic N) is 2. The molecule has 0 radical (unpaired) electrons. The Kier molecular flexibility index (Phi) is 10.6. The summed E-state index contributed by atoms with van der Waals surface area (Å²) in [4.78, 5) is 34.2. The van der Waals surface area contributed by atoms with Crippen molar-refractivity contribution in [1.29, 1.82) is 0 Å². The summed E-state index contributed by atoms with van der Waals surface area (Å²) in [5.41, 5.74) is 14.2. The maximum Gasteiger partial charge on any atom is 0.448 e. The van der Waals surface area contributed by atoms with Crippen LogP contribution in [0.5, 0.6) is 11.5 Å². The number of halogens is 3. The molecule has 6 N–H and O–H groups in total. The number of aromatic nitrogens is 1. The van der Waals surface area contributed by atoms with Crippen molar-refractivity contribution in [3.8, 4) is 11.5 Å². The first-order chi connectivity index (χ1) is 20.3. The van der Waals surface area contributed by atoms with Crippen LogP contribution in [0.3, 0.4) is 0 Å². The second kappa shape index (κ2) is 14.1. The minimum Gasteiger partial charge on any atom is -0.505 e. The molecule has 1 aromatic heterocycles. The lowest BCUT2D eigenvalue weighted by Crippen LogP contribution is -2.45. The first-order valence-corrected chi connectivity index (χ1v) is 12.8. The number of aliphatic imine (C=N–C) groups is 1. The van der Waals surface area contributed by atoms with Crippen molar-refractivity contribution in [3.63, 3.8) is 0 Å². The molecule has 4 bridgehead atoms. The molecule has 14 heteroatoms. The van der Waals surface area contributed by atoms with Crippen LogP contribution < -0.4 is 31.4 Å². The third-order valence-corrected chi connectivity index (χ3v) is 5.76. The number of benzene rings is 2. The summed E-state index contributed by atoms with van der Waals surface area (Å²) < 4.78 is 44.2. The van der Waals surface area contributed by atoms with Gasteiger partial charge < -0.3 is 25.6 Å². The van der Waals surface area contributed by atoms with Crippen LogP contribution in [0.1, 0.15) is 46.9 Å². The highest BCUT2D eigenvalue weighted by Gasteiger charge is 2.31. The molecular formula is C29H31F3N6O5. The van der Waals surface area contributed by atoms with Crippen molar-refractivity contribution in [2.24, 2.45) is 10.7 Å². The number of aryl methyl sites for hydroxylation is 1. The van der Waals surface area contributed by atoms with Gasteiger partial charge in [0.05, 0.1) is 6.10 Å². The normalized spacial score (nSPS) is 15.4. The Hall–Kier alpha value is -5.27. The number of aliphatic hydroxyl groups excluding tert-OH is 1. The van der Waals surface area contributed by atoms with E-state index in [0.29, 0.717) is 39.7 Å². The standard InChI is InChI=1S/C26H28N6O4.C3H3F3O/c1-15(2)36-21-9-6-18-12-22(21)35-14-29-24(27)17-4-7-19(8-5-17)30-23(18)26(34)32-31-25(33)20-10-11-28-13-16(20)3;1-2(7)3(4,5)6/h4-13,15,23,30H,14H2,1-3H3,(H2,27,29)(H,31,33)(H,32,34);7H,1H2. The highest BCUT2D eigenvalue weighted by Crippen LogP contribution is 2.33. The maximum atomic E-state index is 13.3. The predicted octanol–water partition coefficient (Wildman–Crippen LogP) is 4.47. The predicted molar refractivity (Wildman–Crippen MR) is 154 cm³/mol. The number of aliphatic hydroxyl groups is 1. The van der Waals surface area contributed by atoms with Crippen LogP contribution in [-0.4, -0.2) is 46.8 Å². The number of hydrogen-bond donors (Lipinski definition) is 5. The van der Waals surface area contributed by atoms with E-state index < -0.39 is 29.8 Å². The zero-order valence-electron chi connectivity index (χ0n) is 23.5. The van der Waals surface area contributed by atoms with Gasteiger partial charge in [-0.2, -0.15) is 13.2 Å². The molecule has 1 atom stereocenters. The van der Waals surface area contributed by atoms with Crippen molar-refractivity contribution < 1.29 is 37.3 Å². The van der Waals surface area contributed by atoms with Gasteiger partial charge in [0, 0.05) is 29.2 Å². The van der Waals surface area contributed by atoms with Gasteiger partial charge in [-0.1, -0.05) is 12.6 Å². The first-order valence-electron chi connectivity index (χ1n) is 12.8. The number of nitrogens with two attached hydrogens (primary N) is 1. The lowest BCUT2D eigenvalue weighted by atomic mass is 10.0. The van der Waals surface area contributed by atoms with Gasteiger partial charge in [-0.05, 0) is 74.4 Å². The Balaban J connectivity index is 0.000000646. The van der Waals surface area contributed by atoms with Crippen LogP contribution in [0.2, 0.25) is 0 Å². The van der Waals surface area contributed by atoms with Gasteiger partial charge in [-0.3, -0.25) is 25.4 Å². The van der Waals surface area contributed by atoms with E-state index in [1.54, 1.807) is 61.7 Å². The van der Waals surface area contributed by atoms with Gasteiger partial charge in [-0.25, -0.2) is 4.99 Å². The van der Waals surface area contributed by atoms with Gasteiger partial charge in [0.1, 0.15) is 11.9 Å². The Bertz CT molecular complexity index is 1490. The molecular weight excluding hydrogens is 569 g/mol. The lowest BCUT2D eigenvalue weighted by molar-refractivity contribution is -0.122. The number of nitrogens with one attached hydrogen (secondary N) is 3. The number of anilines is 1. The highest BCUT2D eigenvalue weighted by molar-refractivity contribution is 5.98. The van der Waals surface area contributed by atoms with Gasteiger partial charge in [0.15, 0.2) is 24.0 Å². The molecule has 228 valence electrons. The molecule has 0 saturated carbocycles. The summed E-state index contributed by atoms with van der Waals surface area (Å²) >= 11 is 0. The highest BCUT2D eigenvalue weighted by atomic mass is 19.4. The molecule has 43 heavy (non-hydrogen) atoms. The number of ether oxygens (including phenoxy) is 2. The molecule has 5 rings (SSSR count). The molecule has 0 saturated heterocycles. The van der Waals surface area contributed by atoms with Gasteiger partial charge in [0.25, 0.3) is 11.8 Å². The molecule has 0 aliphatic carbocycles. The van der Waals surface area contributed by atoms with Crippen molar-refractivity contribution in [3.05, 3.63) is 95.5 Å². The molecule has 2 aromatic carbocycles. The van der Waals surface area contributed by atoms with E-state index in [4.69, 9.17) is 20.3 Å². The van der Waals surface area contributed by atoms with Crippen LogP contribution >= 0.6 is 0 Å². The van der Waals surface area contributed by atoms with E-state index in [1.807, 2.05) is 13.8 Å². The lowest BCUT2D eigenvalue weighted by Gasteiger charge is -2.22. The molecule has 0 spiro atoms. The molecule has 1 unspecified atom stereocenters. The number of hydrogen-bond acceptors (Lipinski definition) is 9. The SMILES string of the molecule is C=C(O)C(F)(F)F.Cc1cnccc1C(=O)NNC(=O)C1Nc2ccc(cc2)/C(N)=N\COc2cc1ccc2OC(C)C. The van der Waals surface area contributed by atoms with Crippen molar-refractivity contribution in [2.45, 2.75) is 39.1 Å². The molecule has 11 nitrogen and oxygen atoms in total. The largest absolute Gasteiger partial charge is 0.505 e. The summed E-state index contributed by atoms with van der Waals surface area (Å²) in [5.74, 6) is -1.43. The van der Waals surface area contributed by atoms with E-state index in [2.05, 4.69) is 32.7 Å². The minimum absolute atomic E-state index is 0.0306. The zero-order chi connectivity index (χ0) is 31.7. The molecule has 3 heterocycles.